The first kappa shape index (κ1) is 111. The Morgan fingerprint density at radius 1 is 0.469 bits per heavy atom. The number of nitrogens with one attached hydrogen (secondary N) is 7. The molecule has 19 unspecified atom stereocenters. The molecule has 4 saturated heterocycles. The summed E-state index contributed by atoms with van der Waals surface area (Å²) in [4.78, 5) is 105. The molecule has 6 aliphatic rings. The summed E-state index contributed by atoms with van der Waals surface area (Å²) in [5, 5.41) is 113. The van der Waals surface area contributed by atoms with Crippen molar-refractivity contribution in [2.45, 2.75) is 298 Å². The van der Waals surface area contributed by atoms with Gasteiger partial charge < -0.3 is 151 Å². The van der Waals surface area contributed by atoms with Crippen LogP contribution in [0.15, 0.2) is 11.4 Å². The van der Waals surface area contributed by atoms with Crippen LogP contribution in [-0.2, 0) is 104 Å². The first-order chi connectivity index (χ1) is 61.6. The summed E-state index contributed by atoms with van der Waals surface area (Å²) in [5.74, 6) is 5.23. The molecule has 128 heavy (non-hydrogen) atoms. The Morgan fingerprint density at radius 2 is 0.844 bits per heavy atom. The number of likely N-dealkylation sites (tertiary alicyclic amines) is 1. The monoisotopic (exact) mass is 1860 g/mol. The van der Waals surface area contributed by atoms with Crippen molar-refractivity contribution in [3.8, 4) is 0 Å². The number of aliphatic hydroxyl groups is 9. The molecule has 0 aromatic heterocycles. The Morgan fingerprint density at radius 3 is 1.25 bits per heavy atom. The number of amides is 8. The minimum absolute atomic E-state index is 0.0778. The third-order valence-corrected chi connectivity index (χ3v) is 24.7. The van der Waals surface area contributed by atoms with Gasteiger partial charge in [0.2, 0.25) is 47.3 Å². The Hall–Kier alpha value is -5.72. The van der Waals surface area contributed by atoms with E-state index in [4.69, 9.17) is 68.2 Å². The van der Waals surface area contributed by atoms with Gasteiger partial charge in [-0.1, -0.05) is 64.2 Å². The van der Waals surface area contributed by atoms with Gasteiger partial charge in [0, 0.05) is 114 Å². The van der Waals surface area contributed by atoms with Crippen LogP contribution in [0.2, 0.25) is 0 Å². The number of rotatable bonds is 67. The summed E-state index contributed by atoms with van der Waals surface area (Å²) in [5.41, 5.74) is 6.97. The number of nitrogens with zero attached hydrogens (tertiary/aromatic N) is 2. The van der Waals surface area contributed by atoms with Crippen molar-refractivity contribution in [2.75, 3.05) is 159 Å². The maximum atomic E-state index is 14.7. The van der Waals surface area contributed by atoms with Crippen molar-refractivity contribution in [2.24, 2.45) is 35.2 Å². The molecule has 0 aromatic rings. The first-order valence-corrected chi connectivity index (χ1v) is 47.2. The average molecular weight is 1860 g/mol. The van der Waals surface area contributed by atoms with E-state index < -0.39 is 149 Å². The Bertz CT molecular complexity index is 3050. The topological polar surface area (TPSA) is 598 Å². The Kier molecular flexibility index (Phi) is 54.4. The van der Waals surface area contributed by atoms with Gasteiger partial charge in [-0.05, 0) is 108 Å². The van der Waals surface area contributed by atoms with Crippen LogP contribution in [0.1, 0.15) is 201 Å². The number of allylic oxidation sites excluding steroid dienone is 2. The van der Waals surface area contributed by atoms with Gasteiger partial charge in [-0.15, -0.1) is 9.05 Å². The maximum Gasteiger partial charge on any atom is 0.697 e. The number of aliphatic hydroxyl groups excluding tert-OH is 9. The number of unbranched alkanes of at least 4 members (excludes halogenated alkanes) is 13. The van der Waals surface area contributed by atoms with E-state index in [1.807, 2.05) is 0 Å². The van der Waals surface area contributed by atoms with Gasteiger partial charge in [0.15, 0.2) is 18.9 Å². The van der Waals surface area contributed by atoms with Crippen molar-refractivity contribution < 1.29 is 150 Å². The van der Waals surface area contributed by atoms with E-state index in [2.05, 4.69) is 41.7 Å². The van der Waals surface area contributed by atoms with E-state index >= 15 is 0 Å². The van der Waals surface area contributed by atoms with E-state index in [0.29, 0.717) is 141 Å². The van der Waals surface area contributed by atoms with Crippen LogP contribution in [0.3, 0.4) is 0 Å². The fourth-order valence-corrected chi connectivity index (χ4v) is 17.0. The summed E-state index contributed by atoms with van der Waals surface area (Å²) in [6, 6.07) is -3.20. The lowest BCUT2D eigenvalue weighted by Crippen LogP contribution is -2.64. The molecule has 42 nitrogen and oxygen atoms in total. The number of carbonyl (C=O) groups is 8. The molecule has 8 amide bonds. The molecule has 6 rings (SSSR count). The van der Waals surface area contributed by atoms with Crippen LogP contribution in [0, 0.1) is 23.7 Å². The van der Waals surface area contributed by atoms with Crippen LogP contribution in [0.5, 0.6) is 0 Å². The zero-order valence-electron chi connectivity index (χ0n) is 75.5. The summed E-state index contributed by atoms with van der Waals surface area (Å²) in [6.45, 7) is 4.98. The summed E-state index contributed by atoms with van der Waals surface area (Å²) >= 11 is 0. The van der Waals surface area contributed by atoms with Crippen molar-refractivity contribution in [1.29, 1.82) is 0 Å². The van der Waals surface area contributed by atoms with E-state index in [1.54, 1.807) is 9.91 Å². The molecule has 0 spiro atoms. The third kappa shape index (κ3) is 41.0. The molecule has 738 valence electrons. The van der Waals surface area contributed by atoms with Gasteiger partial charge in [0.25, 0.3) is 0 Å². The quantitative estimate of drug-likeness (QED) is 0.0151. The highest BCUT2D eigenvalue weighted by Gasteiger charge is 2.51. The van der Waals surface area contributed by atoms with Gasteiger partial charge >= 0.3 is 8.25 Å². The van der Waals surface area contributed by atoms with Crippen molar-refractivity contribution in [3.05, 3.63) is 11.4 Å². The van der Waals surface area contributed by atoms with Gasteiger partial charge in [-0.25, -0.2) is 5.84 Å². The number of hydrazine groups is 1. The van der Waals surface area contributed by atoms with Gasteiger partial charge in [-0.3, -0.25) is 38.4 Å². The molecular weight excluding hydrogens is 1700 g/mol. The third-order valence-electron chi connectivity index (χ3n) is 24.0. The molecule has 20 N–H and O–H groups in total. The molecule has 0 radical (unpaired) electrons. The van der Waals surface area contributed by atoms with E-state index in [1.165, 1.54) is 47.1 Å². The lowest BCUT2D eigenvalue weighted by atomic mass is 9.93. The standard InChI is InChI=1S/C85H152N11O31P/c1-56(100)91-72-78(110)75(107)65(50-97)125-82(72)121-39-18-11-7-15-33-88-68(103)29-43-118-53-85(54-119-44-30-69(104)89-34-16-8-12-19-40-122-83-73(92-57(2)101)79(111)76(108)66(51-98)126-83,55-120-45-31-70(105)90-35-17-9-13-20-41-123-84-74(93-58(3)102)80(112)77(109)67(52-99)127-84)94-81(113)59-27-36-95(37-28-59)71(106)32-46-116-48-49-117-47-38-96(87)64-26-24-62-60(61(62)23-25-63(64)86)22-14-6-5-10-21-42-124-128(114)115-4/h59-62,65-67,72-80,82-84,97-99,107-112H,5-55,86-87H2,1-4H3,(H6-,88,89,90,91,92,93,94,100,101,102,103,104,105,113)/p+1/b64-63-. The highest BCUT2D eigenvalue weighted by molar-refractivity contribution is 7.33. The molecule has 2 aliphatic carbocycles. The molecular formula is C85H153N11O31P+. The fraction of sp³-hybridized carbons (Fsp3) is 0.882. The number of fused-ring (bicyclic) bond motifs is 1. The SMILES string of the molecule is CO[P+](=O)OCCCCCCCC1C2CC/C(N)=C(/N(N)CCOCCOCCC(=O)N3CCC(C(=O)NC(COCCC(=O)NCCCCCCOC4OC(CO)C(O)C(O)C4NC(C)=O)(COCCC(=O)NCCCCCCOC4OC(CO)C(O)C(O)C4NC(C)=O)COCCC(=O)NCCCCCCOC4OC(CO)C(O)C(O)C4NC(C)=O)CC3)CCC12. The number of nitrogens with two attached hydrogens (primary N) is 2. The number of piperidine rings is 1. The lowest BCUT2D eigenvalue weighted by Gasteiger charge is -2.42. The highest BCUT2D eigenvalue weighted by atomic mass is 31.1. The molecule has 0 aromatic carbocycles. The van der Waals surface area contributed by atoms with Crippen molar-refractivity contribution in [1.82, 2.24) is 47.1 Å². The molecule has 4 aliphatic heterocycles. The van der Waals surface area contributed by atoms with Gasteiger partial charge in [-0.2, -0.15) is 0 Å². The Balaban J connectivity index is 0.988. The first-order valence-electron chi connectivity index (χ1n) is 46.1. The summed E-state index contributed by atoms with van der Waals surface area (Å²) in [7, 11) is -0.646. The van der Waals surface area contributed by atoms with E-state index in [-0.39, 0.29) is 148 Å². The number of hydrogen-bond donors (Lipinski definition) is 18. The van der Waals surface area contributed by atoms with Crippen LogP contribution < -0.4 is 48.8 Å². The second-order valence-corrected chi connectivity index (χ2v) is 35.1. The van der Waals surface area contributed by atoms with Crippen LogP contribution in [0.4, 0.5) is 0 Å². The molecule has 19 atom stereocenters. The van der Waals surface area contributed by atoms with Gasteiger partial charge in [0.05, 0.1) is 106 Å². The predicted molar refractivity (Wildman–Crippen MR) is 460 cm³/mol. The molecule has 4 heterocycles. The predicted octanol–water partition coefficient (Wildman–Crippen LogP) is -0.923. The largest absolute Gasteiger partial charge is 0.697 e. The van der Waals surface area contributed by atoms with Crippen molar-refractivity contribution in [3.63, 3.8) is 0 Å². The van der Waals surface area contributed by atoms with Crippen LogP contribution >= 0.6 is 8.25 Å². The second kappa shape index (κ2) is 62.7. The van der Waals surface area contributed by atoms with Crippen LogP contribution in [0.25, 0.3) is 0 Å². The fourth-order valence-electron chi connectivity index (χ4n) is 16.6. The summed E-state index contributed by atoms with van der Waals surface area (Å²) in [6.07, 6.45) is 3.05. The number of carbonyl (C=O) groups excluding carboxylic acids is 8. The number of hydrogen-bond acceptors (Lipinski definition) is 34. The maximum absolute atomic E-state index is 14.7. The minimum atomic E-state index is -2.01. The lowest BCUT2D eigenvalue weighted by molar-refractivity contribution is -0.270. The van der Waals surface area contributed by atoms with Crippen LogP contribution in [-0.4, -0.2) is 359 Å². The average Bonchev–Trinajstić information content (AvgIpc) is 1.61. The highest BCUT2D eigenvalue weighted by Crippen LogP contribution is 2.56. The van der Waals surface area contributed by atoms with Crippen molar-refractivity contribution >= 4 is 55.5 Å². The second-order valence-electron chi connectivity index (χ2n) is 34.0. The normalized spacial score (nSPS) is 27.3. The molecule has 43 heteroatoms. The van der Waals surface area contributed by atoms with E-state index in [0.717, 1.165) is 62.3 Å². The molecule has 5 fully saturated rings. The summed E-state index contributed by atoms with van der Waals surface area (Å²) < 4.78 is 85.9. The van der Waals surface area contributed by atoms with E-state index in [9.17, 15) is 88.9 Å². The van der Waals surface area contributed by atoms with Gasteiger partial charge in [0.1, 0.15) is 85.2 Å². The smallest absolute Gasteiger partial charge is 0.401 e. The molecule has 0 bridgehead atoms. The number of ether oxygens (including phenoxy) is 11. The molecule has 1 saturated carbocycles. The Labute approximate surface area is 752 Å². The minimum Gasteiger partial charge on any atom is -0.401 e. The zero-order chi connectivity index (χ0) is 93.2. The zero-order valence-corrected chi connectivity index (χ0v) is 76.4.